The van der Waals surface area contributed by atoms with Gasteiger partial charge in [0, 0.05) is 60.4 Å². The minimum atomic E-state index is -0.649. The number of hydrogen-bond acceptors (Lipinski definition) is 12. The maximum absolute atomic E-state index is 12.3. The second-order valence-corrected chi connectivity index (χ2v) is 15.8. The van der Waals surface area contributed by atoms with Crippen molar-refractivity contribution in [2.24, 2.45) is 11.8 Å². The number of carbonyl (C=O) groups is 6. The van der Waals surface area contributed by atoms with Crippen LogP contribution in [-0.4, -0.2) is 97.6 Å². The molecule has 6 rings (SSSR count). The zero-order chi connectivity index (χ0) is 40.0. The number of ether oxygens (including phenoxy) is 6. The minimum absolute atomic E-state index is 0.0697. The fourth-order valence-electron chi connectivity index (χ4n) is 8.00. The van der Waals surface area contributed by atoms with Gasteiger partial charge in [-0.1, -0.05) is 25.3 Å². The molecule has 0 radical (unpaired) electrons. The van der Waals surface area contributed by atoms with Crippen molar-refractivity contribution >= 4 is 35.7 Å². The van der Waals surface area contributed by atoms with Gasteiger partial charge in [-0.15, -0.1) is 0 Å². The van der Waals surface area contributed by atoms with Crippen molar-refractivity contribution in [3.05, 3.63) is 71.9 Å². The Morgan fingerprint density at radius 2 is 1.12 bits per heavy atom. The number of fused-ring (bicyclic) bond motifs is 6. The van der Waals surface area contributed by atoms with E-state index in [0.717, 1.165) is 61.1 Å². The van der Waals surface area contributed by atoms with Crippen LogP contribution in [-0.2, 0) is 57.2 Å². The zero-order valence-electron chi connectivity index (χ0n) is 32.1. The average Bonchev–Trinajstić information content (AvgIpc) is 3.98. The van der Waals surface area contributed by atoms with Gasteiger partial charge in [0.1, 0.15) is 37.6 Å². The van der Waals surface area contributed by atoms with Gasteiger partial charge in [0.05, 0.1) is 11.2 Å². The van der Waals surface area contributed by atoms with Crippen LogP contribution >= 0.6 is 0 Å². The number of allylic oxidation sites excluding steroid dienone is 2. The molecule has 302 valence electrons. The number of nitrogens with one attached hydrogen (secondary N) is 2. The number of esters is 4. The van der Waals surface area contributed by atoms with Gasteiger partial charge in [-0.3, -0.25) is 9.59 Å². The number of amides is 2. The second-order valence-electron chi connectivity index (χ2n) is 15.8. The van der Waals surface area contributed by atoms with Crippen LogP contribution in [0.3, 0.4) is 0 Å². The lowest BCUT2D eigenvalue weighted by Gasteiger charge is -2.20. The van der Waals surface area contributed by atoms with Crippen molar-refractivity contribution in [3.8, 4) is 0 Å². The van der Waals surface area contributed by atoms with E-state index in [1.165, 1.54) is 0 Å². The molecule has 0 spiro atoms. The van der Waals surface area contributed by atoms with Crippen LogP contribution in [0.25, 0.3) is 0 Å². The molecule has 0 saturated carbocycles. The van der Waals surface area contributed by atoms with Gasteiger partial charge in [0.15, 0.2) is 0 Å². The molecule has 0 bridgehead atoms. The zero-order valence-corrected chi connectivity index (χ0v) is 32.1. The predicted molar refractivity (Wildman–Crippen MR) is 200 cm³/mol. The molecule has 2 N–H and O–H groups in total. The maximum Gasteiger partial charge on any atom is 0.334 e. The molecular formula is C42H52N2O12. The summed E-state index contributed by atoms with van der Waals surface area (Å²) in [7, 11) is 0. The molecule has 0 unspecified atom stereocenters. The fraction of sp³-hybridized carbons (Fsp3) is 0.571. The van der Waals surface area contributed by atoms with Crippen LogP contribution in [0.1, 0.15) is 78.1 Å². The molecule has 56 heavy (non-hydrogen) atoms. The monoisotopic (exact) mass is 776 g/mol. The summed E-state index contributed by atoms with van der Waals surface area (Å²) >= 11 is 0. The molecule has 4 fully saturated rings. The minimum Gasteiger partial charge on any atom is -0.458 e. The first kappa shape index (κ1) is 40.8. The van der Waals surface area contributed by atoms with E-state index in [0.29, 0.717) is 62.8 Å². The number of hydrogen-bond donors (Lipinski definition) is 2. The van der Waals surface area contributed by atoms with Crippen molar-refractivity contribution in [3.63, 3.8) is 0 Å². The predicted octanol–water partition coefficient (Wildman–Crippen LogP) is 3.71. The van der Waals surface area contributed by atoms with Gasteiger partial charge in [-0.2, -0.15) is 0 Å². The van der Waals surface area contributed by atoms with Gasteiger partial charge in [0.25, 0.3) is 0 Å². The molecule has 0 aromatic carbocycles. The lowest BCUT2D eigenvalue weighted by Crippen LogP contribution is -2.29. The van der Waals surface area contributed by atoms with E-state index in [-0.39, 0.29) is 72.6 Å². The maximum atomic E-state index is 12.3. The van der Waals surface area contributed by atoms with Gasteiger partial charge >= 0.3 is 23.9 Å². The summed E-state index contributed by atoms with van der Waals surface area (Å²) in [5.74, 6) is -3.28. The summed E-state index contributed by atoms with van der Waals surface area (Å²) in [5.41, 5.74) is 2.03. The topological polar surface area (TPSA) is 188 Å². The van der Waals surface area contributed by atoms with Crippen LogP contribution in [0, 0.1) is 11.8 Å². The molecule has 14 nitrogen and oxygen atoms in total. The summed E-state index contributed by atoms with van der Waals surface area (Å²) in [5, 5.41) is 5.38. The molecule has 4 aliphatic heterocycles. The summed E-state index contributed by atoms with van der Waals surface area (Å²) in [6.07, 6.45) is 14.1. The summed E-state index contributed by atoms with van der Waals surface area (Å²) < 4.78 is 33.8. The first-order valence-corrected chi connectivity index (χ1v) is 19.5. The molecule has 8 atom stereocenters. The normalized spacial score (nSPS) is 34.2. The molecule has 2 aliphatic carbocycles. The Balaban J connectivity index is 0.818. The number of unbranched alkanes of at least 4 members (excludes halogenated alkanes) is 1. The Morgan fingerprint density at radius 3 is 1.54 bits per heavy atom. The van der Waals surface area contributed by atoms with E-state index >= 15 is 0 Å². The van der Waals surface area contributed by atoms with Gasteiger partial charge < -0.3 is 39.1 Å². The van der Waals surface area contributed by atoms with Crippen molar-refractivity contribution < 1.29 is 57.2 Å². The first-order valence-electron chi connectivity index (χ1n) is 19.5. The molecule has 0 aromatic rings. The third kappa shape index (κ3) is 10.1. The quantitative estimate of drug-likeness (QED) is 0.0691. The number of rotatable bonds is 13. The highest BCUT2D eigenvalue weighted by Gasteiger charge is 2.62. The Morgan fingerprint density at radius 1 is 0.714 bits per heavy atom. The van der Waals surface area contributed by atoms with Crippen LogP contribution in [0.15, 0.2) is 71.9 Å². The Hall–Kier alpha value is -4.82. The molecule has 2 amide bonds. The van der Waals surface area contributed by atoms with Crippen LogP contribution in [0.2, 0.25) is 0 Å². The highest BCUT2D eigenvalue weighted by molar-refractivity contribution is 5.95. The first-order chi connectivity index (χ1) is 26.8. The van der Waals surface area contributed by atoms with E-state index in [4.69, 9.17) is 28.4 Å². The van der Waals surface area contributed by atoms with Gasteiger partial charge in [-0.05, 0) is 89.2 Å². The highest BCUT2D eigenvalue weighted by atomic mass is 16.7. The third-order valence-electron chi connectivity index (χ3n) is 11.6. The molecule has 14 heteroatoms. The summed E-state index contributed by atoms with van der Waals surface area (Å²) in [6.45, 7) is 12.7. The molecule has 0 aromatic heterocycles. The summed E-state index contributed by atoms with van der Waals surface area (Å²) in [4.78, 5) is 73.5. The van der Waals surface area contributed by atoms with Crippen LogP contribution < -0.4 is 10.6 Å². The van der Waals surface area contributed by atoms with Crippen molar-refractivity contribution in [1.29, 1.82) is 0 Å². The standard InChI is InChI=1S/C42H52N2O12/c1-25-29-13-11-27(9-7-19-41(3)37(55-41)35(29)53-39(25)49)23-51-33(47)17-15-31(45)43-21-5-6-22-44-32(46)16-18-34(48)52-24-28-10-8-20-42(4)38(56-42)36-30(14-12-28)26(2)40(50)54-36/h9-10,15-18,29-30,35-38H,1-2,5-8,11-14,19-24H2,3-4H3,(H,43,45)(H,44,46)/b17-15+,18-16+,27-9+,28-10+/t29-,30-,35-,36-,37-,38-,41+,42+/m0/s1. The molecular weight excluding hydrogens is 724 g/mol. The van der Waals surface area contributed by atoms with E-state index in [2.05, 4.69) is 23.8 Å². The van der Waals surface area contributed by atoms with Crippen molar-refractivity contribution in [2.75, 3.05) is 26.3 Å². The summed E-state index contributed by atoms with van der Waals surface area (Å²) in [6, 6.07) is 0. The van der Waals surface area contributed by atoms with Crippen molar-refractivity contribution in [1.82, 2.24) is 10.6 Å². The van der Waals surface area contributed by atoms with Crippen LogP contribution in [0.5, 0.6) is 0 Å². The van der Waals surface area contributed by atoms with Crippen LogP contribution in [0.4, 0.5) is 0 Å². The van der Waals surface area contributed by atoms with E-state index in [1.54, 1.807) is 0 Å². The largest absolute Gasteiger partial charge is 0.458 e. The Kier molecular flexibility index (Phi) is 12.8. The Bertz CT molecular complexity index is 1630. The van der Waals surface area contributed by atoms with E-state index in [1.807, 2.05) is 26.0 Å². The van der Waals surface area contributed by atoms with E-state index in [9.17, 15) is 28.8 Å². The molecule has 6 aliphatic rings. The number of epoxide rings is 2. The molecule has 4 saturated heterocycles. The van der Waals surface area contributed by atoms with Gasteiger partial charge in [-0.25, -0.2) is 19.2 Å². The Labute approximate surface area is 326 Å². The lowest BCUT2D eigenvalue weighted by molar-refractivity contribution is -0.140. The smallest absolute Gasteiger partial charge is 0.334 e. The number of carbonyl (C=O) groups excluding carboxylic acids is 6. The van der Waals surface area contributed by atoms with Gasteiger partial charge in [0.2, 0.25) is 11.8 Å². The highest BCUT2D eigenvalue weighted by Crippen LogP contribution is 2.51. The SMILES string of the molecule is C=C1C(=O)O[C@H]2[C@H]1CC/C(COC(=O)/C=C/C(=O)NCCCCNC(=O)/C=C/C(=O)OC/C1=C/CC[C@@]3(C)O[C@H]3[C@H]3OC(=O)C(=C)[C@@H]3CC1)=C\CC[C@@]1(C)O[C@@H]21. The van der Waals surface area contributed by atoms with Crippen molar-refractivity contribution in [2.45, 2.75) is 114 Å². The average molecular weight is 777 g/mol. The third-order valence-corrected chi connectivity index (χ3v) is 11.6. The van der Waals surface area contributed by atoms with E-state index < -0.39 is 23.8 Å². The molecule has 4 heterocycles. The second kappa shape index (κ2) is 17.5. The fourth-order valence-corrected chi connectivity index (χ4v) is 8.00. The lowest BCUT2D eigenvalue weighted by atomic mass is 9.84.